The maximum atomic E-state index is 12.2. The number of esters is 1. The first-order valence-corrected chi connectivity index (χ1v) is 9.92. The van der Waals surface area contributed by atoms with Gasteiger partial charge >= 0.3 is 5.97 Å². The van der Waals surface area contributed by atoms with Crippen molar-refractivity contribution in [1.29, 1.82) is 0 Å². The van der Waals surface area contributed by atoms with E-state index in [0.29, 0.717) is 0 Å². The summed E-state index contributed by atoms with van der Waals surface area (Å²) in [5, 5.41) is 2.88. The summed E-state index contributed by atoms with van der Waals surface area (Å²) in [5.74, 6) is -1.58. The van der Waals surface area contributed by atoms with Crippen LogP contribution in [0.3, 0.4) is 0 Å². The Labute approximate surface area is 166 Å². The number of carbonyl (C=O) groups excluding carboxylic acids is 2. The number of benzene rings is 2. The molecule has 0 fully saturated rings. The number of rotatable bonds is 7. The maximum Gasteiger partial charge on any atom is 0.324 e. The lowest BCUT2D eigenvalue weighted by molar-refractivity contribution is -0.148. The van der Waals surface area contributed by atoms with Gasteiger partial charge in [0, 0.05) is 0 Å². The number of nitrogens with one attached hydrogen (secondary N) is 2. The van der Waals surface area contributed by atoms with Gasteiger partial charge in [0.05, 0.1) is 20.6 Å². The number of amides is 1. The van der Waals surface area contributed by atoms with E-state index in [1.807, 2.05) is 0 Å². The van der Waals surface area contributed by atoms with E-state index >= 15 is 0 Å². The highest BCUT2D eigenvalue weighted by molar-refractivity contribution is 7.89. The van der Waals surface area contributed by atoms with Crippen LogP contribution in [0.4, 0.5) is 5.69 Å². The predicted octanol–water partition coefficient (Wildman–Crippen LogP) is 2.84. The lowest BCUT2D eigenvalue weighted by atomic mass is 10.3. The van der Waals surface area contributed by atoms with Crippen LogP contribution in [0.5, 0.6) is 0 Å². The molecule has 0 aromatic heterocycles. The van der Waals surface area contributed by atoms with Gasteiger partial charge in [0.15, 0.2) is 6.61 Å². The molecule has 0 bridgehead atoms. The average Bonchev–Trinajstić information content (AvgIpc) is 2.63. The summed E-state index contributed by atoms with van der Waals surface area (Å²) >= 11 is 11.9. The number of halogens is 2. The smallest absolute Gasteiger partial charge is 0.324 e. The standard InChI is InChI=1S/C17H16Cl2N2O5S/c1-11(21-27(24,25)12-6-3-2-4-7-12)17(23)26-10-15(22)20-16-13(18)8-5-9-14(16)19/h2-9,11,21H,10H2,1H3,(H,20,22)/t11-/m0/s1. The minimum Gasteiger partial charge on any atom is -0.454 e. The summed E-state index contributed by atoms with van der Waals surface area (Å²) in [6.07, 6.45) is 0. The van der Waals surface area contributed by atoms with Gasteiger partial charge in [-0.1, -0.05) is 47.5 Å². The van der Waals surface area contributed by atoms with Crippen molar-refractivity contribution in [2.24, 2.45) is 0 Å². The Morgan fingerprint density at radius 3 is 2.22 bits per heavy atom. The third-order valence-electron chi connectivity index (χ3n) is 3.31. The van der Waals surface area contributed by atoms with E-state index in [1.54, 1.807) is 24.3 Å². The average molecular weight is 431 g/mol. The van der Waals surface area contributed by atoms with Gasteiger partial charge in [-0.3, -0.25) is 9.59 Å². The van der Waals surface area contributed by atoms with Crippen LogP contribution in [-0.4, -0.2) is 32.9 Å². The first-order chi connectivity index (χ1) is 12.7. The molecule has 1 atom stereocenters. The van der Waals surface area contributed by atoms with Crippen molar-refractivity contribution in [2.45, 2.75) is 17.9 Å². The molecule has 2 rings (SSSR count). The highest BCUT2D eigenvalue weighted by atomic mass is 35.5. The number of sulfonamides is 1. The fraction of sp³-hybridized carbons (Fsp3) is 0.176. The molecule has 0 saturated heterocycles. The summed E-state index contributed by atoms with van der Waals surface area (Å²) in [4.78, 5) is 23.9. The molecule has 0 unspecified atom stereocenters. The van der Waals surface area contributed by atoms with Crippen LogP contribution < -0.4 is 10.0 Å². The van der Waals surface area contributed by atoms with Crippen molar-refractivity contribution in [3.8, 4) is 0 Å². The second-order valence-corrected chi connectivity index (χ2v) is 7.94. The third kappa shape index (κ3) is 5.93. The number of para-hydroxylation sites is 1. The van der Waals surface area contributed by atoms with Crippen LogP contribution in [0.15, 0.2) is 53.4 Å². The molecule has 0 aliphatic rings. The number of ether oxygens (including phenoxy) is 1. The molecule has 0 aliphatic heterocycles. The third-order valence-corrected chi connectivity index (χ3v) is 5.50. The molecule has 0 heterocycles. The Hall–Kier alpha value is -2.13. The van der Waals surface area contributed by atoms with Gasteiger partial charge in [-0.25, -0.2) is 8.42 Å². The molecule has 10 heteroatoms. The predicted molar refractivity (Wildman–Crippen MR) is 102 cm³/mol. The van der Waals surface area contributed by atoms with Gasteiger partial charge in [0.25, 0.3) is 5.91 Å². The summed E-state index contributed by atoms with van der Waals surface area (Å²) in [5.41, 5.74) is 0.194. The van der Waals surface area contributed by atoms with Crippen molar-refractivity contribution in [3.63, 3.8) is 0 Å². The lowest BCUT2D eigenvalue weighted by Gasteiger charge is -2.14. The van der Waals surface area contributed by atoms with Gasteiger partial charge in [-0.2, -0.15) is 4.72 Å². The van der Waals surface area contributed by atoms with Gasteiger partial charge < -0.3 is 10.1 Å². The SMILES string of the molecule is C[C@H](NS(=O)(=O)c1ccccc1)C(=O)OCC(=O)Nc1c(Cl)cccc1Cl. The topological polar surface area (TPSA) is 102 Å². The van der Waals surface area contributed by atoms with Crippen LogP contribution in [-0.2, 0) is 24.3 Å². The molecule has 2 N–H and O–H groups in total. The lowest BCUT2D eigenvalue weighted by Crippen LogP contribution is -2.40. The van der Waals surface area contributed by atoms with Crippen LogP contribution in [0, 0.1) is 0 Å². The summed E-state index contributed by atoms with van der Waals surface area (Å²) in [6.45, 7) is 0.684. The largest absolute Gasteiger partial charge is 0.454 e. The van der Waals surface area contributed by atoms with Gasteiger partial charge in [-0.05, 0) is 31.2 Å². The Bertz CT molecular complexity index is 915. The molecule has 0 saturated carbocycles. The first kappa shape index (κ1) is 21.2. The summed E-state index contributed by atoms with van der Waals surface area (Å²) in [7, 11) is -3.89. The van der Waals surface area contributed by atoms with E-state index in [9.17, 15) is 18.0 Å². The fourth-order valence-electron chi connectivity index (χ4n) is 2.00. The zero-order chi connectivity index (χ0) is 20.0. The van der Waals surface area contributed by atoms with Crippen LogP contribution in [0.1, 0.15) is 6.92 Å². The van der Waals surface area contributed by atoms with Crippen molar-refractivity contribution in [3.05, 3.63) is 58.6 Å². The minimum absolute atomic E-state index is 0.00996. The fourth-order valence-corrected chi connectivity index (χ4v) is 3.71. The number of carbonyl (C=O) groups is 2. The van der Waals surface area contributed by atoms with E-state index in [4.69, 9.17) is 27.9 Å². The molecule has 0 aliphatic carbocycles. The van der Waals surface area contributed by atoms with Crippen molar-refractivity contribution in [2.75, 3.05) is 11.9 Å². The number of hydrogen-bond acceptors (Lipinski definition) is 5. The molecule has 144 valence electrons. The number of anilines is 1. The summed E-state index contributed by atoms with van der Waals surface area (Å²) < 4.78 is 31.4. The highest BCUT2D eigenvalue weighted by Crippen LogP contribution is 2.29. The first-order valence-electron chi connectivity index (χ1n) is 7.68. The summed E-state index contributed by atoms with van der Waals surface area (Å²) in [6, 6.07) is 11.1. The molecule has 7 nitrogen and oxygen atoms in total. The quantitative estimate of drug-likeness (QED) is 0.657. The molecule has 27 heavy (non-hydrogen) atoms. The zero-order valence-electron chi connectivity index (χ0n) is 14.1. The molecule has 0 spiro atoms. The van der Waals surface area contributed by atoms with Crippen LogP contribution in [0.2, 0.25) is 10.0 Å². The van der Waals surface area contributed by atoms with E-state index in [1.165, 1.54) is 31.2 Å². The molecule has 0 radical (unpaired) electrons. The van der Waals surface area contributed by atoms with E-state index in [0.717, 1.165) is 0 Å². The molecular weight excluding hydrogens is 415 g/mol. The Balaban J connectivity index is 1.90. The van der Waals surface area contributed by atoms with Crippen LogP contribution >= 0.6 is 23.2 Å². The Morgan fingerprint density at radius 2 is 1.63 bits per heavy atom. The van der Waals surface area contributed by atoms with Gasteiger partial charge in [0.2, 0.25) is 10.0 Å². The molecule has 2 aromatic carbocycles. The zero-order valence-corrected chi connectivity index (χ0v) is 16.4. The van der Waals surface area contributed by atoms with Crippen molar-refractivity contribution in [1.82, 2.24) is 4.72 Å². The van der Waals surface area contributed by atoms with Gasteiger partial charge in [-0.15, -0.1) is 0 Å². The second-order valence-electron chi connectivity index (χ2n) is 5.41. The molecule has 1 amide bonds. The number of hydrogen-bond donors (Lipinski definition) is 2. The highest BCUT2D eigenvalue weighted by Gasteiger charge is 2.23. The van der Waals surface area contributed by atoms with E-state index in [2.05, 4.69) is 10.0 Å². The second kappa shape index (κ2) is 9.18. The Kier molecular flexibility index (Phi) is 7.20. The van der Waals surface area contributed by atoms with Gasteiger partial charge in [0.1, 0.15) is 6.04 Å². The Morgan fingerprint density at radius 1 is 1.04 bits per heavy atom. The van der Waals surface area contributed by atoms with Crippen LogP contribution in [0.25, 0.3) is 0 Å². The maximum absolute atomic E-state index is 12.2. The normalized spacial score (nSPS) is 12.3. The van der Waals surface area contributed by atoms with E-state index in [-0.39, 0.29) is 20.6 Å². The van der Waals surface area contributed by atoms with E-state index < -0.39 is 34.5 Å². The molecular formula is C17H16Cl2N2O5S. The minimum atomic E-state index is -3.89. The van der Waals surface area contributed by atoms with Crippen molar-refractivity contribution < 1.29 is 22.7 Å². The monoisotopic (exact) mass is 430 g/mol. The molecule has 2 aromatic rings. The van der Waals surface area contributed by atoms with Crippen molar-refractivity contribution >= 4 is 50.8 Å².